The van der Waals surface area contributed by atoms with E-state index in [1.165, 1.54) is 33.3 Å². The molecule has 0 aliphatic carbocycles. The maximum atomic E-state index is 9.88. The molecule has 2 aliphatic rings. The molecule has 1 saturated heterocycles. The molecule has 0 saturated carbocycles. The van der Waals surface area contributed by atoms with Crippen molar-refractivity contribution in [3.63, 3.8) is 0 Å². The number of aliphatic hydroxyl groups is 1. The molecule has 0 amide bonds. The van der Waals surface area contributed by atoms with Crippen LogP contribution in [0.2, 0.25) is 12.1 Å². The lowest BCUT2D eigenvalue weighted by molar-refractivity contribution is 0.304. The van der Waals surface area contributed by atoms with Crippen molar-refractivity contribution in [2.75, 3.05) is 25.1 Å². The van der Waals surface area contributed by atoms with E-state index in [1.807, 2.05) is 46.9 Å². The summed E-state index contributed by atoms with van der Waals surface area (Å²) in [5, 5.41) is 24.5. The first-order valence-corrected chi connectivity index (χ1v) is 15.6. The van der Waals surface area contributed by atoms with E-state index in [9.17, 15) is 10.4 Å². The fourth-order valence-corrected chi connectivity index (χ4v) is 14.2. The number of nitriles is 1. The van der Waals surface area contributed by atoms with Gasteiger partial charge in [-0.3, -0.25) is 0 Å². The van der Waals surface area contributed by atoms with E-state index in [0.29, 0.717) is 12.1 Å². The minimum atomic E-state index is -1.61. The number of rotatable bonds is 5. The molecule has 1 aromatic carbocycles. The molecule has 8 heteroatoms. The van der Waals surface area contributed by atoms with Crippen molar-refractivity contribution in [3.05, 3.63) is 46.3 Å². The highest BCUT2D eigenvalue weighted by Crippen LogP contribution is 2.48. The molecule has 6 rings (SSSR count). The van der Waals surface area contributed by atoms with Crippen LogP contribution in [0.15, 0.2) is 36.4 Å². The SMILES string of the molecule is CN(CCO)c1cc2c(s1)-c1sc(/C=C(\C#N)c3nc4ccccc4s3)cc1[Si]21CCC1. The summed E-state index contributed by atoms with van der Waals surface area (Å²) in [6, 6.07) is 17.9. The molecule has 4 nitrogen and oxygen atoms in total. The summed E-state index contributed by atoms with van der Waals surface area (Å²) in [6.45, 7) is 0.830. The Morgan fingerprint density at radius 3 is 2.69 bits per heavy atom. The Morgan fingerprint density at radius 2 is 1.97 bits per heavy atom. The second kappa shape index (κ2) is 7.65. The summed E-state index contributed by atoms with van der Waals surface area (Å²) < 4.78 is 1.11. The minimum Gasteiger partial charge on any atom is -0.395 e. The Morgan fingerprint density at radius 1 is 1.19 bits per heavy atom. The monoisotopic (exact) mass is 491 g/mol. The molecule has 0 bridgehead atoms. The van der Waals surface area contributed by atoms with Crippen LogP contribution in [0.4, 0.5) is 5.00 Å². The fourth-order valence-electron chi connectivity index (χ4n) is 4.84. The largest absolute Gasteiger partial charge is 0.395 e. The van der Waals surface area contributed by atoms with Gasteiger partial charge in [-0.1, -0.05) is 18.6 Å². The lowest BCUT2D eigenvalue weighted by atomic mass is 10.2. The molecule has 32 heavy (non-hydrogen) atoms. The average Bonchev–Trinajstić information content (AvgIpc) is 3.50. The Hall–Kier alpha value is -2.28. The normalized spacial score (nSPS) is 16.1. The van der Waals surface area contributed by atoms with Crippen molar-refractivity contribution in [1.82, 2.24) is 4.98 Å². The third-order valence-corrected chi connectivity index (χ3v) is 15.9. The molecule has 0 atom stereocenters. The van der Waals surface area contributed by atoms with Gasteiger partial charge in [0.15, 0.2) is 0 Å². The van der Waals surface area contributed by atoms with Crippen molar-refractivity contribution in [3.8, 4) is 15.8 Å². The van der Waals surface area contributed by atoms with Gasteiger partial charge >= 0.3 is 0 Å². The van der Waals surface area contributed by atoms with Gasteiger partial charge < -0.3 is 10.0 Å². The predicted molar refractivity (Wildman–Crippen MR) is 140 cm³/mol. The summed E-state index contributed by atoms with van der Waals surface area (Å²) in [7, 11) is 0.454. The van der Waals surface area contributed by atoms with Gasteiger partial charge in [0.05, 0.1) is 27.4 Å². The third-order valence-electron chi connectivity index (χ3n) is 6.66. The molecular weight excluding hydrogens is 471 g/mol. The van der Waals surface area contributed by atoms with Crippen LogP contribution >= 0.6 is 34.0 Å². The van der Waals surface area contributed by atoms with E-state index in [-0.39, 0.29) is 6.61 Å². The zero-order valence-electron chi connectivity index (χ0n) is 17.6. The maximum absolute atomic E-state index is 9.88. The van der Waals surface area contributed by atoms with Crippen LogP contribution in [0, 0.1) is 11.3 Å². The summed E-state index contributed by atoms with van der Waals surface area (Å²) in [5.74, 6) is 0. The number of aliphatic hydroxyl groups excluding tert-OH is 1. The Labute approximate surface area is 199 Å². The number of hydrogen-bond acceptors (Lipinski definition) is 7. The van der Waals surface area contributed by atoms with Crippen LogP contribution in [0.25, 0.3) is 31.6 Å². The van der Waals surface area contributed by atoms with Crippen molar-refractivity contribution in [2.24, 2.45) is 0 Å². The maximum Gasteiger partial charge on any atom is 0.135 e. The highest BCUT2D eigenvalue weighted by molar-refractivity contribution is 7.31. The van der Waals surface area contributed by atoms with Crippen molar-refractivity contribution in [2.45, 2.75) is 18.5 Å². The van der Waals surface area contributed by atoms with Crippen LogP contribution in [0.3, 0.4) is 0 Å². The first-order valence-electron chi connectivity index (χ1n) is 10.7. The van der Waals surface area contributed by atoms with Gasteiger partial charge in [0.25, 0.3) is 0 Å². The molecule has 0 unspecified atom stereocenters. The molecule has 3 aromatic heterocycles. The second-order valence-corrected chi connectivity index (χ2v) is 15.8. The van der Waals surface area contributed by atoms with Crippen molar-refractivity contribution in [1.29, 1.82) is 5.26 Å². The van der Waals surface area contributed by atoms with E-state index in [2.05, 4.69) is 36.2 Å². The fraction of sp³-hybridized carbons (Fsp3) is 0.250. The summed E-state index contributed by atoms with van der Waals surface area (Å²) in [6.07, 6.45) is 3.35. The Kier molecular flexibility index (Phi) is 4.86. The van der Waals surface area contributed by atoms with Crippen molar-refractivity contribution < 1.29 is 5.11 Å². The van der Waals surface area contributed by atoms with E-state index < -0.39 is 8.07 Å². The number of fused-ring (bicyclic) bond motifs is 6. The quantitative estimate of drug-likeness (QED) is 0.320. The molecule has 2 aliphatic heterocycles. The average molecular weight is 492 g/mol. The molecule has 1 fully saturated rings. The standard InChI is InChI=1S/C24H21N3OS3Si/c1-27(7-8-28)21-13-20-23(31-21)22-19(32(20)9-4-10-32)12-16(29-22)11-15(14-25)24-26-17-5-2-3-6-18(17)30-24/h2-3,5-6,11-13,28H,4,7-10H2,1H3/b15-11+. The predicted octanol–water partition coefficient (Wildman–Crippen LogP) is 4.86. The van der Waals surface area contributed by atoms with Gasteiger partial charge in [-0.05, 0) is 52.8 Å². The number of hydrogen-bond donors (Lipinski definition) is 1. The van der Waals surface area contributed by atoms with E-state index >= 15 is 0 Å². The molecule has 5 heterocycles. The van der Waals surface area contributed by atoms with Crippen LogP contribution < -0.4 is 15.3 Å². The van der Waals surface area contributed by atoms with Gasteiger partial charge in [-0.15, -0.1) is 34.0 Å². The lowest BCUT2D eigenvalue weighted by Crippen LogP contribution is -2.59. The molecule has 0 radical (unpaired) electrons. The number of anilines is 1. The number of benzene rings is 1. The highest BCUT2D eigenvalue weighted by Gasteiger charge is 2.52. The van der Waals surface area contributed by atoms with Gasteiger partial charge in [0, 0.05) is 28.2 Å². The van der Waals surface area contributed by atoms with E-state index in [0.717, 1.165) is 20.1 Å². The topological polar surface area (TPSA) is 60.1 Å². The van der Waals surface area contributed by atoms with Gasteiger partial charge in [-0.25, -0.2) is 4.98 Å². The molecule has 1 spiro atoms. The molecule has 1 N–H and O–H groups in total. The third kappa shape index (κ3) is 2.96. The first kappa shape index (κ1) is 20.3. The van der Waals surface area contributed by atoms with E-state index in [1.54, 1.807) is 21.7 Å². The van der Waals surface area contributed by atoms with Crippen LogP contribution in [-0.4, -0.2) is 38.4 Å². The number of thiazole rings is 1. The summed E-state index contributed by atoms with van der Waals surface area (Å²) in [5.41, 5.74) is 1.59. The second-order valence-electron chi connectivity index (χ2n) is 8.46. The highest BCUT2D eigenvalue weighted by atomic mass is 32.1. The number of nitrogens with zero attached hydrogens (tertiary/aromatic N) is 3. The number of allylic oxidation sites excluding steroid dienone is 1. The zero-order valence-corrected chi connectivity index (χ0v) is 21.0. The lowest BCUT2D eigenvalue weighted by Gasteiger charge is -2.37. The molecule has 160 valence electrons. The Balaban J connectivity index is 1.42. The van der Waals surface area contributed by atoms with Gasteiger partial charge in [-0.2, -0.15) is 5.26 Å². The summed E-state index contributed by atoms with van der Waals surface area (Å²) in [4.78, 5) is 10.9. The zero-order chi connectivity index (χ0) is 21.9. The first-order chi connectivity index (χ1) is 15.6. The van der Waals surface area contributed by atoms with Gasteiger partial charge in [0.1, 0.15) is 19.2 Å². The van der Waals surface area contributed by atoms with E-state index in [4.69, 9.17) is 4.98 Å². The number of para-hydroxylation sites is 1. The number of likely N-dealkylation sites (N-methyl/N-ethyl adjacent to an activating group) is 1. The molecule has 4 aromatic rings. The Bertz CT molecular complexity index is 1390. The number of aromatic nitrogens is 1. The minimum absolute atomic E-state index is 0.170. The van der Waals surface area contributed by atoms with Crippen molar-refractivity contribution >= 4 is 79.3 Å². The molecular formula is C24H21N3OS3Si. The van der Waals surface area contributed by atoms with Crippen LogP contribution in [0.1, 0.15) is 16.3 Å². The summed E-state index contributed by atoms with van der Waals surface area (Å²) >= 11 is 5.27. The van der Waals surface area contributed by atoms with Gasteiger partial charge in [0.2, 0.25) is 0 Å². The number of thiophene rings is 2. The van der Waals surface area contributed by atoms with Crippen LogP contribution in [0.5, 0.6) is 0 Å². The smallest absolute Gasteiger partial charge is 0.135 e. The van der Waals surface area contributed by atoms with Crippen LogP contribution in [-0.2, 0) is 0 Å².